The molecule has 0 radical (unpaired) electrons. The molecular weight excluding hydrogens is 318 g/mol. The molecular formula is C16H20BrNS. The van der Waals surface area contributed by atoms with Gasteiger partial charge in [-0.05, 0) is 54.1 Å². The Labute approximate surface area is 128 Å². The summed E-state index contributed by atoms with van der Waals surface area (Å²) in [5, 5.41) is 5.83. The van der Waals surface area contributed by atoms with E-state index >= 15 is 0 Å². The van der Waals surface area contributed by atoms with Crippen molar-refractivity contribution in [1.82, 2.24) is 5.32 Å². The lowest BCUT2D eigenvalue weighted by Crippen LogP contribution is -2.23. The number of aryl methyl sites for hydroxylation is 1. The molecule has 19 heavy (non-hydrogen) atoms. The molecule has 0 aliphatic carbocycles. The number of hydrogen-bond acceptors (Lipinski definition) is 2. The molecule has 0 bridgehead atoms. The molecule has 1 aromatic carbocycles. The molecule has 1 aromatic heterocycles. The first-order valence-corrected chi connectivity index (χ1v) is 8.46. The van der Waals surface area contributed by atoms with E-state index in [1.807, 2.05) is 11.3 Å². The summed E-state index contributed by atoms with van der Waals surface area (Å²) in [6, 6.07) is 11.3. The zero-order valence-electron chi connectivity index (χ0n) is 11.4. The van der Waals surface area contributed by atoms with Gasteiger partial charge in [0.05, 0.1) is 0 Å². The van der Waals surface area contributed by atoms with Gasteiger partial charge in [0.25, 0.3) is 0 Å². The van der Waals surface area contributed by atoms with Crippen LogP contribution >= 0.6 is 27.3 Å². The summed E-state index contributed by atoms with van der Waals surface area (Å²) in [6.07, 6.45) is 2.16. The number of thiophene rings is 1. The Morgan fingerprint density at radius 1 is 1.16 bits per heavy atom. The first-order valence-electron chi connectivity index (χ1n) is 6.78. The van der Waals surface area contributed by atoms with Crippen LogP contribution in [0.2, 0.25) is 0 Å². The highest BCUT2D eigenvalue weighted by molar-refractivity contribution is 9.10. The van der Waals surface area contributed by atoms with Gasteiger partial charge in [-0.2, -0.15) is 0 Å². The monoisotopic (exact) mass is 337 g/mol. The molecule has 1 N–H and O–H groups in total. The number of halogens is 1. The Morgan fingerprint density at radius 3 is 2.53 bits per heavy atom. The molecule has 0 aliphatic rings. The Hall–Kier alpha value is -0.640. The van der Waals surface area contributed by atoms with Gasteiger partial charge >= 0.3 is 0 Å². The maximum absolute atomic E-state index is 3.62. The van der Waals surface area contributed by atoms with Gasteiger partial charge in [-0.25, -0.2) is 0 Å². The third kappa shape index (κ3) is 3.91. The number of benzene rings is 1. The van der Waals surface area contributed by atoms with Gasteiger partial charge in [0.15, 0.2) is 0 Å². The molecule has 1 heterocycles. The van der Waals surface area contributed by atoms with E-state index in [0.717, 1.165) is 23.9 Å². The van der Waals surface area contributed by atoms with E-state index in [1.54, 1.807) is 0 Å². The van der Waals surface area contributed by atoms with Crippen molar-refractivity contribution >= 4 is 27.3 Å². The standard InChI is InChI=1S/C16H20BrNS/c1-3-13-9-10-19-16(13)15(18-4-2)11-12-5-7-14(17)8-6-12/h5-10,15,18H,3-4,11H2,1-2H3. The van der Waals surface area contributed by atoms with Gasteiger partial charge in [0.2, 0.25) is 0 Å². The maximum atomic E-state index is 3.62. The number of hydrogen-bond donors (Lipinski definition) is 1. The molecule has 0 saturated heterocycles. The fourth-order valence-electron chi connectivity index (χ4n) is 2.31. The van der Waals surface area contributed by atoms with Crippen LogP contribution in [-0.4, -0.2) is 6.54 Å². The SMILES string of the molecule is CCNC(Cc1ccc(Br)cc1)c1sccc1CC. The van der Waals surface area contributed by atoms with Crippen molar-refractivity contribution in [3.63, 3.8) is 0 Å². The van der Waals surface area contributed by atoms with Crippen molar-refractivity contribution in [2.75, 3.05) is 6.54 Å². The van der Waals surface area contributed by atoms with Crippen molar-refractivity contribution in [2.24, 2.45) is 0 Å². The molecule has 102 valence electrons. The van der Waals surface area contributed by atoms with Crippen molar-refractivity contribution in [1.29, 1.82) is 0 Å². The zero-order valence-corrected chi connectivity index (χ0v) is 13.9. The molecule has 0 spiro atoms. The second kappa shape index (κ2) is 7.22. The van der Waals surface area contributed by atoms with E-state index in [2.05, 4.69) is 70.8 Å². The molecule has 0 saturated carbocycles. The minimum atomic E-state index is 0.432. The van der Waals surface area contributed by atoms with Crippen molar-refractivity contribution < 1.29 is 0 Å². The highest BCUT2D eigenvalue weighted by Gasteiger charge is 2.15. The van der Waals surface area contributed by atoms with Crippen LogP contribution in [0, 0.1) is 0 Å². The molecule has 2 rings (SSSR count). The normalized spacial score (nSPS) is 12.6. The Morgan fingerprint density at radius 2 is 1.89 bits per heavy atom. The molecule has 1 nitrogen and oxygen atoms in total. The molecule has 3 heteroatoms. The zero-order chi connectivity index (χ0) is 13.7. The highest BCUT2D eigenvalue weighted by Crippen LogP contribution is 2.28. The van der Waals surface area contributed by atoms with Crippen LogP contribution in [0.1, 0.15) is 35.9 Å². The van der Waals surface area contributed by atoms with Gasteiger partial charge in [-0.3, -0.25) is 0 Å². The summed E-state index contributed by atoms with van der Waals surface area (Å²) < 4.78 is 1.14. The van der Waals surface area contributed by atoms with Gasteiger partial charge in [-0.15, -0.1) is 11.3 Å². The summed E-state index contributed by atoms with van der Waals surface area (Å²) in [6.45, 7) is 5.41. The molecule has 0 aliphatic heterocycles. The maximum Gasteiger partial charge on any atom is 0.0458 e. The predicted molar refractivity (Wildman–Crippen MR) is 88.0 cm³/mol. The second-order valence-electron chi connectivity index (χ2n) is 4.60. The quantitative estimate of drug-likeness (QED) is 0.784. The van der Waals surface area contributed by atoms with Crippen LogP contribution in [-0.2, 0) is 12.8 Å². The summed E-state index contributed by atoms with van der Waals surface area (Å²) in [5.41, 5.74) is 2.86. The third-order valence-electron chi connectivity index (χ3n) is 3.28. The first-order chi connectivity index (χ1) is 9.24. The van der Waals surface area contributed by atoms with Gasteiger partial charge in [0, 0.05) is 15.4 Å². The van der Waals surface area contributed by atoms with Crippen LogP contribution in [0.5, 0.6) is 0 Å². The van der Waals surface area contributed by atoms with E-state index in [4.69, 9.17) is 0 Å². The lowest BCUT2D eigenvalue weighted by Gasteiger charge is -2.18. The second-order valence-corrected chi connectivity index (χ2v) is 6.47. The Kier molecular flexibility index (Phi) is 5.61. The molecule has 0 fully saturated rings. The fraction of sp³-hybridized carbons (Fsp3) is 0.375. The van der Waals surface area contributed by atoms with E-state index in [9.17, 15) is 0 Å². The van der Waals surface area contributed by atoms with E-state index in [-0.39, 0.29) is 0 Å². The van der Waals surface area contributed by atoms with Gasteiger partial charge in [0.1, 0.15) is 0 Å². The smallest absolute Gasteiger partial charge is 0.0458 e. The number of nitrogens with one attached hydrogen (secondary N) is 1. The summed E-state index contributed by atoms with van der Waals surface area (Å²) in [7, 11) is 0. The third-order valence-corrected chi connectivity index (χ3v) is 4.88. The minimum Gasteiger partial charge on any atom is -0.309 e. The number of likely N-dealkylation sites (N-methyl/N-ethyl adjacent to an activating group) is 1. The van der Waals surface area contributed by atoms with E-state index < -0.39 is 0 Å². The van der Waals surface area contributed by atoms with Crippen molar-refractivity contribution in [2.45, 2.75) is 32.7 Å². The average Bonchev–Trinajstić information content (AvgIpc) is 2.89. The Balaban J connectivity index is 2.18. The minimum absolute atomic E-state index is 0.432. The largest absolute Gasteiger partial charge is 0.309 e. The molecule has 0 amide bonds. The molecule has 2 aromatic rings. The van der Waals surface area contributed by atoms with Gasteiger partial charge < -0.3 is 5.32 Å². The summed E-state index contributed by atoms with van der Waals surface area (Å²) in [4.78, 5) is 1.49. The fourth-order valence-corrected chi connectivity index (χ4v) is 3.64. The lowest BCUT2D eigenvalue weighted by molar-refractivity contribution is 0.555. The topological polar surface area (TPSA) is 12.0 Å². The lowest BCUT2D eigenvalue weighted by atomic mass is 10.0. The summed E-state index contributed by atoms with van der Waals surface area (Å²) >= 11 is 5.36. The first kappa shape index (κ1) is 14.8. The summed E-state index contributed by atoms with van der Waals surface area (Å²) in [5.74, 6) is 0. The van der Waals surface area contributed by atoms with E-state index in [0.29, 0.717) is 6.04 Å². The Bertz CT molecular complexity index is 504. The van der Waals surface area contributed by atoms with Crippen LogP contribution in [0.3, 0.4) is 0 Å². The van der Waals surface area contributed by atoms with Crippen molar-refractivity contribution in [3.8, 4) is 0 Å². The molecule has 1 unspecified atom stereocenters. The van der Waals surface area contributed by atoms with Crippen LogP contribution in [0.25, 0.3) is 0 Å². The van der Waals surface area contributed by atoms with Crippen molar-refractivity contribution in [3.05, 3.63) is 56.2 Å². The number of rotatable bonds is 6. The highest BCUT2D eigenvalue weighted by atomic mass is 79.9. The molecule has 1 atom stereocenters. The predicted octanol–water partition coefficient (Wildman–Crippen LogP) is 4.97. The van der Waals surface area contributed by atoms with Crippen LogP contribution in [0.4, 0.5) is 0 Å². The van der Waals surface area contributed by atoms with Crippen LogP contribution < -0.4 is 5.32 Å². The average molecular weight is 338 g/mol. The van der Waals surface area contributed by atoms with Crippen LogP contribution in [0.15, 0.2) is 40.2 Å². The van der Waals surface area contributed by atoms with E-state index in [1.165, 1.54) is 16.0 Å². The van der Waals surface area contributed by atoms with Gasteiger partial charge in [-0.1, -0.05) is 41.9 Å².